The molecule has 1 aromatic rings. The van der Waals surface area contributed by atoms with Crippen molar-refractivity contribution >= 4 is 12.2 Å². The minimum atomic E-state index is 0.408. The Morgan fingerprint density at radius 1 is 1.46 bits per heavy atom. The average Bonchev–Trinajstić information content (AvgIpc) is 2.88. The van der Waals surface area contributed by atoms with Gasteiger partial charge in [-0.15, -0.1) is 0 Å². The number of carbonyl (C=O) groups excluding carboxylic acids is 1. The SMILES string of the molecule is Nc1cc(OC=O)ccc1C1CC1. The number of ether oxygens (including phenoxy) is 1. The quantitative estimate of drug-likeness (QED) is 0.564. The molecule has 0 bridgehead atoms. The van der Waals surface area contributed by atoms with Crippen LogP contribution < -0.4 is 10.5 Å². The van der Waals surface area contributed by atoms with Crippen LogP contribution in [0.15, 0.2) is 18.2 Å². The zero-order valence-corrected chi connectivity index (χ0v) is 7.19. The molecule has 0 aromatic heterocycles. The summed E-state index contributed by atoms with van der Waals surface area (Å²) in [6, 6.07) is 5.41. The fraction of sp³-hybridized carbons (Fsp3) is 0.300. The first-order valence-electron chi connectivity index (χ1n) is 4.31. The van der Waals surface area contributed by atoms with Crippen molar-refractivity contribution in [3.8, 4) is 5.75 Å². The van der Waals surface area contributed by atoms with Gasteiger partial charge >= 0.3 is 0 Å². The number of benzene rings is 1. The first-order chi connectivity index (χ1) is 6.31. The van der Waals surface area contributed by atoms with Gasteiger partial charge in [-0.25, -0.2) is 0 Å². The predicted molar refractivity (Wildman–Crippen MR) is 49.5 cm³/mol. The van der Waals surface area contributed by atoms with E-state index in [0.29, 0.717) is 18.1 Å². The van der Waals surface area contributed by atoms with Crippen LogP contribution in [0.4, 0.5) is 5.69 Å². The maximum atomic E-state index is 10.1. The zero-order valence-electron chi connectivity index (χ0n) is 7.19. The van der Waals surface area contributed by atoms with Crippen molar-refractivity contribution in [3.63, 3.8) is 0 Å². The number of anilines is 1. The molecule has 2 rings (SSSR count). The van der Waals surface area contributed by atoms with Crippen LogP contribution in [0.5, 0.6) is 5.75 Å². The van der Waals surface area contributed by atoms with Crippen LogP contribution in [0.1, 0.15) is 24.3 Å². The summed E-state index contributed by atoms with van der Waals surface area (Å²) in [7, 11) is 0. The van der Waals surface area contributed by atoms with Crippen LogP contribution in [-0.2, 0) is 4.79 Å². The van der Waals surface area contributed by atoms with Gasteiger partial charge in [-0.1, -0.05) is 6.07 Å². The van der Waals surface area contributed by atoms with Crippen molar-refractivity contribution in [2.75, 3.05) is 5.73 Å². The molecule has 0 atom stereocenters. The third-order valence-corrected chi connectivity index (χ3v) is 2.26. The van der Waals surface area contributed by atoms with E-state index in [1.165, 1.54) is 18.4 Å². The van der Waals surface area contributed by atoms with E-state index in [1.54, 1.807) is 12.1 Å². The number of nitrogen functional groups attached to an aromatic ring is 1. The fourth-order valence-electron chi connectivity index (χ4n) is 1.45. The van der Waals surface area contributed by atoms with Gasteiger partial charge < -0.3 is 10.5 Å². The van der Waals surface area contributed by atoms with Crippen LogP contribution in [0, 0.1) is 0 Å². The number of carbonyl (C=O) groups is 1. The van der Waals surface area contributed by atoms with E-state index in [9.17, 15) is 4.79 Å². The number of hydrogen-bond acceptors (Lipinski definition) is 3. The Balaban J connectivity index is 2.25. The van der Waals surface area contributed by atoms with Crippen LogP contribution >= 0.6 is 0 Å². The molecule has 68 valence electrons. The minimum Gasteiger partial charge on any atom is -0.429 e. The summed E-state index contributed by atoms with van der Waals surface area (Å²) in [6.07, 6.45) is 2.44. The second-order valence-corrected chi connectivity index (χ2v) is 3.28. The molecule has 0 saturated heterocycles. The smallest absolute Gasteiger partial charge is 0.298 e. The second-order valence-electron chi connectivity index (χ2n) is 3.28. The second kappa shape index (κ2) is 3.09. The highest BCUT2D eigenvalue weighted by Crippen LogP contribution is 2.43. The molecule has 2 N–H and O–H groups in total. The van der Waals surface area contributed by atoms with Crippen molar-refractivity contribution in [3.05, 3.63) is 23.8 Å². The van der Waals surface area contributed by atoms with E-state index in [4.69, 9.17) is 5.73 Å². The van der Waals surface area contributed by atoms with E-state index in [-0.39, 0.29) is 0 Å². The van der Waals surface area contributed by atoms with E-state index in [0.717, 1.165) is 5.69 Å². The average molecular weight is 177 g/mol. The van der Waals surface area contributed by atoms with Crippen molar-refractivity contribution in [1.29, 1.82) is 0 Å². The Morgan fingerprint density at radius 2 is 2.23 bits per heavy atom. The number of hydrogen-bond donors (Lipinski definition) is 1. The van der Waals surface area contributed by atoms with Crippen molar-refractivity contribution in [1.82, 2.24) is 0 Å². The third-order valence-electron chi connectivity index (χ3n) is 2.26. The lowest BCUT2D eigenvalue weighted by atomic mass is 10.1. The largest absolute Gasteiger partial charge is 0.429 e. The maximum absolute atomic E-state index is 10.1. The van der Waals surface area contributed by atoms with Gasteiger partial charge in [0.15, 0.2) is 0 Å². The molecule has 0 radical (unpaired) electrons. The summed E-state index contributed by atoms with van der Waals surface area (Å²) < 4.78 is 4.68. The van der Waals surface area contributed by atoms with Crippen molar-refractivity contribution in [2.45, 2.75) is 18.8 Å². The third kappa shape index (κ3) is 1.64. The lowest BCUT2D eigenvalue weighted by Gasteiger charge is -2.05. The van der Waals surface area contributed by atoms with E-state index >= 15 is 0 Å². The van der Waals surface area contributed by atoms with Crippen LogP contribution in [0.25, 0.3) is 0 Å². The molecule has 3 heteroatoms. The van der Waals surface area contributed by atoms with E-state index < -0.39 is 0 Å². The topological polar surface area (TPSA) is 52.3 Å². The predicted octanol–water partition coefficient (Wildman–Crippen LogP) is 1.68. The summed E-state index contributed by atoms with van der Waals surface area (Å²) in [5, 5.41) is 0. The van der Waals surface area contributed by atoms with Gasteiger partial charge in [-0.3, -0.25) is 4.79 Å². The Morgan fingerprint density at radius 3 is 2.77 bits per heavy atom. The summed E-state index contributed by atoms with van der Waals surface area (Å²) in [5.74, 6) is 1.14. The normalized spacial score (nSPS) is 15.4. The number of rotatable bonds is 3. The van der Waals surface area contributed by atoms with E-state index in [2.05, 4.69) is 4.74 Å². The van der Waals surface area contributed by atoms with Crippen LogP contribution in [-0.4, -0.2) is 6.47 Å². The summed E-state index contributed by atoms with van der Waals surface area (Å²) in [5.41, 5.74) is 7.70. The van der Waals surface area contributed by atoms with Gasteiger partial charge in [0.1, 0.15) is 5.75 Å². The van der Waals surface area contributed by atoms with Crippen molar-refractivity contribution < 1.29 is 9.53 Å². The first-order valence-corrected chi connectivity index (χ1v) is 4.31. The molecule has 3 nitrogen and oxygen atoms in total. The highest BCUT2D eigenvalue weighted by atomic mass is 16.5. The maximum Gasteiger partial charge on any atom is 0.298 e. The van der Waals surface area contributed by atoms with E-state index in [1.807, 2.05) is 6.07 Å². The minimum absolute atomic E-state index is 0.408. The molecule has 1 aliphatic rings. The highest BCUT2D eigenvalue weighted by molar-refractivity contribution is 5.56. The standard InChI is InChI=1S/C10H11NO2/c11-10-5-8(13-6-12)3-4-9(10)7-1-2-7/h3-7H,1-2,11H2. The van der Waals surface area contributed by atoms with Crippen LogP contribution in [0.3, 0.4) is 0 Å². The Hall–Kier alpha value is -1.51. The summed E-state index contributed by atoms with van der Waals surface area (Å²) >= 11 is 0. The molecular weight excluding hydrogens is 166 g/mol. The molecule has 1 aliphatic carbocycles. The van der Waals surface area contributed by atoms with Crippen molar-refractivity contribution in [2.24, 2.45) is 0 Å². The lowest BCUT2D eigenvalue weighted by molar-refractivity contribution is -0.120. The Labute approximate surface area is 76.5 Å². The first kappa shape index (κ1) is 8.10. The summed E-state index contributed by atoms with van der Waals surface area (Å²) in [6.45, 7) is 0.408. The molecular formula is C10H11NO2. The molecule has 0 heterocycles. The molecule has 0 unspecified atom stereocenters. The van der Waals surface area contributed by atoms with Gasteiger partial charge in [0, 0.05) is 11.8 Å². The van der Waals surface area contributed by atoms with Crippen LogP contribution in [0.2, 0.25) is 0 Å². The molecule has 0 aliphatic heterocycles. The molecule has 1 fully saturated rings. The highest BCUT2D eigenvalue weighted by Gasteiger charge is 2.25. The van der Waals surface area contributed by atoms with Gasteiger partial charge in [0.2, 0.25) is 0 Å². The van der Waals surface area contributed by atoms with Gasteiger partial charge in [0.05, 0.1) is 0 Å². The Kier molecular flexibility index (Phi) is 1.93. The van der Waals surface area contributed by atoms with Gasteiger partial charge in [-0.2, -0.15) is 0 Å². The molecule has 13 heavy (non-hydrogen) atoms. The lowest BCUT2D eigenvalue weighted by Crippen LogP contribution is -1.95. The van der Waals surface area contributed by atoms with Gasteiger partial charge in [0.25, 0.3) is 6.47 Å². The monoisotopic (exact) mass is 177 g/mol. The molecule has 1 saturated carbocycles. The Bertz CT molecular complexity index is 332. The fourth-order valence-corrected chi connectivity index (χ4v) is 1.45. The molecule has 0 amide bonds. The number of nitrogens with two attached hydrogens (primary N) is 1. The summed E-state index contributed by atoms with van der Waals surface area (Å²) in [4.78, 5) is 10.1. The molecule has 0 spiro atoms. The molecule has 1 aromatic carbocycles. The zero-order chi connectivity index (χ0) is 9.26. The van der Waals surface area contributed by atoms with Gasteiger partial charge in [-0.05, 0) is 30.4 Å².